The van der Waals surface area contributed by atoms with Gasteiger partial charge in [-0.3, -0.25) is 9.78 Å². The molecule has 0 unspecified atom stereocenters. The molecule has 1 aliphatic carbocycles. The Hall–Kier alpha value is -3.60. The van der Waals surface area contributed by atoms with Crippen molar-refractivity contribution < 1.29 is 14.6 Å². The van der Waals surface area contributed by atoms with E-state index in [2.05, 4.69) is 33.8 Å². The van der Waals surface area contributed by atoms with E-state index in [0.717, 1.165) is 39.0 Å². The number of pyridine rings is 1. The van der Waals surface area contributed by atoms with Crippen molar-refractivity contribution in [1.82, 2.24) is 9.55 Å². The second-order valence-corrected chi connectivity index (χ2v) is 8.27. The first kappa shape index (κ1) is 20.3. The molecule has 2 aromatic carbocycles. The molecule has 0 aliphatic heterocycles. The molecule has 1 saturated carbocycles. The van der Waals surface area contributed by atoms with E-state index < -0.39 is 5.97 Å². The van der Waals surface area contributed by atoms with Crippen LogP contribution < -0.4 is 4.74 Å². The zero-order chi connectivity index (χ0) is 22.1. The third-order valence-corrected chi connectivity index (χ3v) is 6.07. The molecule has 1 fully saturated rings. The van der Waals surface area contributed by atoms with Crippen molar-refractivity contribution in [3.05, 3.63) is 72.6 Å². The summed E-state index contributed by atoms with van der Waals surface area (Å²) in [5.41, 5.74) is 6.63. The lowest BCUT2D eigenvalue weighted by atomic mass is 9.97. The number of aliphatic carboxylic acids is 1. The molecule has 4 aromatic rings. The number of carbonyl (C=O) groups is 1. The van der Waals surface area contributed by atoms with E-state index in [1.165, 1.54) is 18.4 Å². The molecule has 162 valence electrons. The predicted octanol–water partition coefficient (Wildman–Crippen LogP) is 6.12. The largest absolute Gasteiger partial charge is 0.494 e. The molecule has 2 heterocycles. The first-order valence-electron chi connectivity index (χ1n) is 11.2. The summed E-state index contributed by atoms with van der Waals surface area (Å²) in [5.74, 6) is 0.636. The average Bonchev–Trinajstić information content (AvgIpc) is 3.60. The van der Waals surface area contributed by atoms with E-state index >= 15 is 0 Å². The topological polar surface area (TPSA) is 64.4 Å². The first-order valence-corrected chi connectivity index (χ1v) is 11.2. The SMILES string of the molecule is CCOc1cccc(-c2c(-c3ccncc3)c3cc(C4CC4)ccc3n2CCC(=O)O)c1. The van der Waals surface area contributed by atoms with Gasteiger partial charge in [-0.05, 0) is 73.2 Å². The molecule has 0 atom stereocenters. The summed E-state index contributed by atoms with van der Waals surface area (Å²) >= 11 is 0. The van der Waals surface area contributed by atoms with Crippen LogP contribution in [0.3, 0.4) is 0 Å². The van der Waals surface area contributed by atoms with Crippen molar-refractivity contribution in [3.63, 3.8) is 0 Å². The summed E-state index contributed by atoms with van der Waals surface area (Å²) in [5, 5.41) is 10.6. The van der Waals surface area contributed by atoms with E-state index in [-0.39, 0.29) is 6.42 Å². The molecule has 0 saturated heterocycles. The van der Waals surface area contributed by atoms with Crippen molar-refractivity contribution >= 4 is 16.9 Å². The monoisotopic (exact) mass is 426 g/mol. The summed E-state index contributed by atoms with van der Waals surface area (Å²) in [7, 11) is 0. The maximum atomic E-state index is 11.5. The van der Waals surface area contributed by atoms with Gasteiger partial charge in [-0.25, -0.2) is 0 Å². The van der Waals surface area contributed by atoms with Gasteiger partial charge in [-0.15, -0.1) is 0 Å². The molecule has 1 aliphatic rings. The van der Waals surface area contributed by atoms with Gasteiger partial charge in [0.25, 0.3) is 0 Å². The highest BCUT2D eigenvalue weighted by molar-refractivity contribution is 6.05. The number of benzene rings is 2. The van der Waals surface area contributed by atoms with Crippen LogP contribution in [0.2, 0.25) is 0 Å². The highest BCUT2D eigenvalue weighted by Gasteiger charge is 2.26. The third-order valence-electron chi connectivity index (χ3n) is 6.07. The summed E-state index contributed by atoms with van der Waals surface area (Å²) in [4.78, 5) is 15.7. The Bertz CT molecular complexity index is 1270. The standard InChI is InChI=1S/C27H26N2O3/c1-2-32-22-5-3-4-21(16-22)27-26(19-10-13-28-14-11-19)23-17-20(18-6-7-18)8-9-24(23)29(27)15-12-25(30)31/h3-5,8-11,13-14,16-18H,2,6-7,12,15H2,1H3,(H,30,31). The molecule has 5 nitrogen and oxygen atoms in total. The van der Waals surface area contributed by atoms with Gasteiger partial charge in [-0.2, -0.15) is 0 Å². The Kier molecular flexibility index (Phi) is 5.39. The lowest BCUT2D eigenvalue weighted by molar-refractivity contribution is -0.137. The predicted molar refractivity (Wildman–Crippen MR) is 126 cm³/mol. The second kappa shape index (κ2) is 8.50. The van der Waals surface area contributed by atoms with Gasteiger partial charge in [0.2, 0.25) is 0 Å². The molecule has 0 bridgehead atoms. The number of aromatic nitrogens is 2. The molecule has 1 N–H and O–H groups in total. The van der Waals surface area contributed by atoms with Crippen LogP contribution in [-0.2, 0) is 11.3 Å². The van der Waals surface area contributed by atoms with E-state index in [1.807, 2.05) is 37.3 Å². The van der Waals surface area contributed by atoms with E-state index in [4.69, 9.17) is 4.74 Å². The maximum Gasteiger partial charge on any atom is 0.305 e. The molecular weight excluding hydrogens is 400 g/mol. The molecule has 0 radical (unpaired) electrons. The van der Waals surface area contributed by atoms with Crippen LogP contribution in [0, 0.1) is 0 Å². The Morgan fingerprint density at radius 1 is 1.09 bits per heavy atom. The smallest absolute Gasteiger partial charge is 0.305 e. The molecule has 2 aromatic heterocycles. The van der Waals surface area contributed by atoms with Gasteiger partial charge in [0.15, 0.2) is 0 Å². The number of rotatable bonds is 8. The molecule has 32 heavy (non-hydrogen) atoms. The minimum atomic E-state index is -0.805. The second-order valence-electron chi connectivity index (χ2n) is 8.27. The number of carboxylic acid groups (broad SMARTS) is 1. The number of nitrogens with zero attached hydrogens (tertiary/aromatic N) is 2. The van der Waals surface area contributed by atoms with Crippen LogP contribution in [-0.4, -0.2) is 27.2 Å². The Labute approximate surface area is 187 Å². The van der Waals surface area contributed by atoms with Crippen LogP contribution in [0.4, 0.5) is 0 Å². The number of fused-ring (bicyclic) bond motifs is 1. The van der Waals surface area contributed by atoms with Gasteiger partial charge in [0.05, 0.1) is 18.7 Å². The fourth-order valence-corrected chi connectivity index (χ4v) is 4.49. The quantitative estimate of drug-likeness (QED) is 0.369. The number of aryl methyl sites for hydroxylation is 1. The highest BCUT2D eigenvalue weighted by Crippen LogP contribution is 2.45. The number of hydrogen-bond acceptors (Lipinski definition) is 3. The number of hydrogen-bond donors (Lipinski definition) is 1. The normalized spacial score (nSPS) is 13.4. The van der Waals surface area contributed by atoms with Crippen LogP contribution in [0.5, 0.6) is 5.75 Å². The minimum absolute atomic E-state index is 0.0576. The van der Waals surface area contributed by atoms with Crippen LogP contribution in [0.15, 0.2) is 67.0 Å². The Balaban J connectivity index is 1.81. The van der Waals surface area contributed by atoms with Gasteiger partial charge in [-0.1, -0.05) is 18.2 Å². The lowest BCUT2D eigenvalue weighted by Crippen LogP contribution is -2.06. The number of ether oxygens (including phenoxy) is 1. The highest BCUT2D eigenvalue weighted by atomic mass is 16.5. The van der Waals surface area contributed by atoms with Crippen molar-refractivity contribution in [1.29, 1.82) is 0 Å². The van der Waals surface area contributed by atoms with Gasteiger partial charge < -0.3 is 14.4 Å². The van der Waals surface area contributed by atoms with E-state index in [9.17, 15) is 9.90 Å². The van der Waals surface area contributed by atoms with Crippen LogP contribution in [0.1, 0.15) is 37.7 Å². The van der Waals surface area contributed by atoms with Crippen molar-refractivity contribution in [2.24, 2.45) is 0 Å². The zero-order valence-electron chi connectivity index (χ0n) is 18.1. The molecule has 0 amide bonds. The Morgan fingerprint density at radius 2 is 1.91 bits per heavy atom. The van der Waals surface area contributed by atoms with Gasteiger partial charge >= 0.3 is 5.97 Å². The molecule has 5 rings (SSSR count). The van der Waals surface area contributed by atoms with E-state index in [1.54, 1.807) is 12.4 Å². The molecule has 5 heteroatoms. The maximum absolute atomic E-state index is 11.5. The fourth-order valence-electron chi connectivity index (χ4n) is 4.49. The zero-order valence-corrected chi connectivity index (χ0v) is 18.1. The summed E-state index contributed by atoms with van der Waals surface area (Å²) < 4.78 is 7.92. The fraction of sp³-hybridized carbons (Fsp3) is 0.259. The van der Waals surface area contributed by atoms with Crippen LogP contribution in [0.25, 0.3) is 33.3 Å². The van der Waals surface area contributed by atoms with Crippen LogP contribution >= 0.6 is 0 Å². The van der Waals surface area contributed by atoms with Crippen molar-refractivity contribution in [2.45, 2.75) is 38.6 Å². The van der Waals surface area contributed by atoms with Gasteiger partial charge in [0.1, 0.15) is 5.75 Å². The molecule has 0 spiro atoms. The summed E-state index contributed by atoms with van der Waals surface area (Å²) in [6.07, 6.45) is 6.14. The Morgan fingerprint density at radius 3 is 2.62 bits per heavy atom. The number of carboxylic acids is 1. The summed E-state index contributed by atoms with van der Waals surface area (Å²) in [6, 6.07) is 18.8. The van der Waals surface area contributed by atoms with E-state index in [0.29, 0.717) is 19.1 Å². The van der Waals surface area contributed by atoms with Crippen molar-refractivity contribution in [3.8, 4) is 28.1 Å². The summed E-state index contributed by atoms with van der Waals surface area (Å²) in [6.45, 7) is 2.96. The molecular formula is C27H26N2O3. The first-order chi connectivity index (χ1) is 15.7. The van der Waals surface area contributed by atoms with Crippen molar-refractivity contribution in [2.75, 3.05) is 6.61 Å². The van der Waals surface area contributed by atoms with Gasteiger partial charge in [0, 0.05) is 41.0 Å². The average molecular weight is 427 g/mol. The lowest BCUT2D eigenvalue weighted by Gasteiger charge is -2.13. The minimum Gasteiger partial charge on any atom is -0.494 e. The third kappa shape index (κ3) is 3.86.